The van der Waals surface area contributed by atoms with Crippen molar-refractivity contribution in [2.24, 2.45) is 9.98 Å². The molecule has 0 atom stereocenters. The highest BCUT2D eigenvalue weighted by atomic mass is 35.5. The number of hydrogen-bond acceptors (Lipinski definition) is 14. The highest BCUT2D eigenvalue weighted by Gasteiger charge is 2.24. The number of carbonyl (C=O) groups excluding carboxylic acids is 4. The Morgan fingerprint density at radius 2 is 0.552 bits per heavy atom. The third kappa shape index (κ3) is 27.9. The van der Waals surface area contributed by atoms with Gasteiger partial charge in [-0.1, -0.05) is 381 Å². The quantitative estimate of drug-likeness (QED) is 0.00617. The number of benzene rings is 16. The summed E-state index contributed by atoms with van der Waals surface area (Å²) in [5, 5.41) is 52.3. The predicted octanol–water partition coefficient (Wildman–Crippen LogP) is 34.2. The van der Waals surface area contributed by atoms with Crippen LogP contribution >= 0.6 is 12.4 Å². The number of hydrogen-bond donors (Lipinski definition) is 7. The molecule has 0 radical (unpaired) electrons. The smallest absolute Gasteiger partial charge is 0.414 e. The van der Waals surface area contributed by atoms with E-state index in [1.165, 1.54) is 211 Å². The van der Waals surface area contributed by atoms with Crippen LogP contribution in [-0.2, 0) is 78.4 Å². The Hall–Kier alpha value is -14.3. The first-order chi connectivity index (χ1) is 69.6. The maximum atomic E-state index is 13.2. The number of halogens is 1. The molecule has 0 saturated carbocycles. The van der Waals surface area contributed by atoms with Gasteiger partial charge in [0.1, 0.15) is 12.4 Å². The number of carbonyl (C=O) groups is 4. The molecule has 1 amide bonds. The van der Waals surface area contributed by atoms with E-state index in [1.54, 1.807) is 26.2 Å². The summed E-state index contributed by atoms with van der Waals surface area (Å²) >= 11 is 0. The fourth-order valence-corrected chi connectivity index (χ4v) is 20.3. The number of methoxy groups -OCH3 is 1. The van der Waals surface area contributed by atoms with Crippen molar-refractivity contribution in [2.45, 2.75) is 234 Å². The average molecular weight is 1930 g/mol. The standard InChI is InChI=1S/C64H73N3O4.C59H60N4O2.C2H2O4.ClH/c1-5-7-9-11-13-15-25-49-51-27-17-21-31-55(51)62(56-32-22-18-28-52(49)56)65-60-43-46(35-37-48(60)41-45(3)68)42-47-36-38-59(67-64(69)71-40-39-70-4)61(44-47)66-63-57-33-23-19-29-53(57)50(26-16-14-12-10-8-6-2)54-30-20-24-34-58(54)63;1-3-5-7-9-11-13-23-44-46-25-15-19-29-50(46)58(51-30-20-16-26-47(44)51)62-56-38-42(33-35-54(56)60-40-64)37-43-34-36-55(61-41-65)57(39-43)63-59-52-31-21-17-27-48(52)45(24-14-12-10-8-6-4-2)49-28-18-22-32-53(49)59;3-1(4)2(5)6;/h17-24,27-38,43-44,65-66H,5-16,25-26,39-42H2,1-4H3,(H,67,69);15-22,25-36,38-39,62-63H,3-14,23-24,37H2,1-2H3;(H,3,4)(H,5,6);1H. The first-order valence-electron chi connectivity index (χ1n) is 51.4. The van der Waals surface area contributed by atoms with Gasteiger partial charge in [-0.3, -0.25) is 10.1 Å². The van der Waals surface area contributed by atoms with Crippen molar-refractivity contribution in [3.63, 3.8) is 0 Å². The largest absolute Gasteiger partial charge is 0.473 e. The highest BCUT2D eigenvalue weighted by Crippen LogP contribution is 2.47. The second-order valence-corrected chi connectivity index (χ2v) is 37.4. The molecule has 16 aromatic rings. The number of Topliss-reactive ketones (excluding diaryl/α,β-unsaturated/α-hetero) is 1. The molecule has 0 fully saturated rings. The lowest BCUT2D eigenvalue weighted by molar-refractivity contribution is -0.159. The summed E-state index contributed by atoms with van der Waals surface area (Å²) < 4.78 is 10.7. The van der Waals surface area contributed by atoms with Gasteiger partial charge in [0.05, 0.1) is 63.5 Å². The van der Waals surface area contributed by atoms with Gasteiger partial charge in [-0.25, -0.2) is 24.0 Å². The van der Waals surface area contributed by atoms with Crippen LogP contribution in [0.5, 0.6) is 0 Å². The summed E-state index contributed by atoms with van der Waals surface area (Å²) in [4.78, 5) is 76.1. The van der Waals surface area contributed by atoms with Crippen LogP contribution in [0.4, 0.5) is 67.4 Å². The number of nitrogens with zero attached hydrogens (tertiary/aromatic N) is 2. The summed E-state index contributed by atoms with van der Waals surface area (Å²) in [5.41, 5.74) is 19.5. The molecule has 0 saturated heterocycles. The number of carboxylic acid groups (broad SMARTS) is 2. The summed E-state index contributed by atoms with van der Waals surface area (Å²) in [6.45, 7) is 11.2. The highest BCUT2D eigenvalue weighted by molar-refractivity contribution is 6.27. The number of aryl methyl sites for hydroxylation is 4. The number of nitrogens with one attached hydrogen (secondary N) is 5. The Morgan fingerprint density at radius 1 is 0.301 bits per heavy atom. The van der Waals surface area contributed by atoms with Crippen molar-refractivity contribution in [2.75, 3.05) is 46.9 Å². The summed E-state index contributed by atoms with van der Waals surface area (Å²) in [6.07, 6.45) is 38.7. The average Bonchev–Trinajstić information content (AvgIpc) is 0.762. The van der Waals surface area contributed by atoms with Crippen molar-refractivity contribution in [1.82, 2.24) is 0 Å². The van der Waals surface area contributed by atoms with Gasteiger partial charge in [0.25, 0.3) is 0 Å². The molecule has 0 spiro atoms. The molecular weight excluding hydrogens is 1790 g/mol. The number of anilines is 9. The lowest BCUT2D eigenvalue weighted by Gasteiger charge is -2.21. The number of ether oxygens (including phenoxy) is 2. The zero-order chi connectivity index (χ0) is 99.3. The molecule has 16 aromatic carbocycles. The molecule has 18 heteroatoms. The van der Waals surface area contributed by atoms with Crippen LogP contribution in [0.3, 0.4) is 0 Å². The first kappa shape index (κ1) is 106. The molecule has 0 aliphatic rings. The van der Waals surface area contributed by atoms with Crippen molar-refractivity contribution < 1.29 is 48.5 Å². The van der Waals surface area contributed by atoms with E-state index in [4.69, 9.17) is 29.3 Å². The van der Waals surface area contributed by atoms with Crippen LogP contribution in [-0.4, -0.2) is 66.5 Å². The van der Waals surface area contributed by atoms with Gasteiger partial charge >= 0.3 is 18.0 Å². The SMILES string of the molecule is CCCCCCCCc1c2ccccc2c(Nc2cc(Cc3ccc(N=C=O)c(Nc4c5ccccc5c(CCCCCCCC)c5ccccc45)c3)ccc2N=C=O)c2ccccc12.CCCCCCCCc1c2ccccc2c(Nc2cc(Cc3ccc(NC(=O)OCCOC)c(Nc4c5ccccc5c(CCCCCCCC)c5ccccc45)c3)ccc2CC(C)=O)c2ccccc12.Cl.O=C(O)C(=O)O. The van der Waals surface area contributed by atoms with Gasteiger partial charge in [0.15, 0.2) is 0 Å². The fraction of sp³-hybridized carbons (Fsp3) is 0.312. The number of aliphatic carboxylic acids is 2. The van der Waals surface area contributed by atoms with E-state index in [-0.39, 0.29) is 24.8 Å². The van der Waals surface area contributed by atoms with Gasteiger partial charge in [-0.15, -0.1) is 12.4 Å². The normalized spacial score (nSPS) is 11.1. The molecule has 0 unspecified atom stereocenters. The van der Waals surface area contributed by atoms with Gasteiger partial charge in [0, 0.05) is 62.3 Å². The molecule has 0 bridgehead atoms. The number of fused-ring (bicyclic) bond motifs is 8. The molecule has 0 aromatic heterocycles. The Kier molecular flexibility index (Phi) is 40.5. The van der Waals surface area contributed by atoms with Crippen LogP contribution in [0.1, 0.15) is 239 Å². The number of ketones is 1. The van der Waals surface area contributed by atoms with E-state index in [2.05, 4.69) is 301 Å². The molecule has 16 rings (SSSR count). The minimum absolute atomic E-state index is 0. The van der Waals surface area contributed by atoms with Crippen LogP contribution < -0.4 is 26.6 Å². The lowest BCUT2D eigenvalue weighted by Crippen LogP contribution is -2.17. The van der Waals surface area contributed by atoms with Gasteiger partial charge in [-0.2, -0.15) is 9.98 Å². The fourth-order valence-electron chi connectivity index (χ4n) is 20.3. The number of rotatable bonds is 48. The molecule has 143 heavy (non-hydrogen) atoms. The summed E-state index contributed by atoms with van der Waals surface area (Å²) in [5.74, 6) is -3.54. The molecule has 0 heterocycles. The molecule has 17 nitrogen and oxygen atoms in total. The molecule has 7 N–H and O–H groups in total. The van der Waals surface area contributed by atoms with E-state index in [1.807, 2.05) is 30.3 Å². The minimum atomic E-state index is -1.82. The van der Waals surface area contributed by atoms with E-state index in [0.29, 0.717) is 42.9 Å². The Labute approximate surface area is 847 Å². The molecule has 0 aliphatic carbocycles. The van der Waals surface area contributed by atoms with Crippen molar-refractivity contribution in [3.8, 4) is 0 Å². The van der Waals surface area contributed by atoms with Crippen molar-refractivity contribution in [3.05, 3.63) is 317 Å². The van der Waals surface area contributed by atoms with Crippen molar-refractivity contribution in [1.29, 1.82) is 0 Å². The number of carboxylic acids is 2. The number of aliphatic imine (C=N–C) groups is 2. The minimum Gasteiger partial charge on any atom is -0.473 e. The number of amides is 1. The lowest BCUT2D eigenvalue weighted by atomic mass is 9.91. The van der Waals surface area contributed by atoms with Crippen LogP contribution in [0.25, 0.3) is 86.2 Å². The van der Waals surface area contributed by atoms with E-state index >= 15 is 0 Å². The number of unbranched alkanes of at least 4 members (excludes halogenated alkanes) is 20. The third-order valence-corrected chi connectivity index (χ3v) is 27.2. The second kappa shape index (κ2) is 54.6. The topological polar surface area (TPSA) is 246 Å². The Bertz CT molecular complexity index is 6760. The zero-order valence-corrected chi connectivity index (χ0v) is 84.5. The molecule has 0 aliphatic heterocycles. The summed E-state index contributed by atoms with van der Waals surface area (Å²) in [6, 6.07) is 94.1. The van der Waals surface area contributed by atoms with E-state index in [9.17, 15) is 19.2 Å². The van der Waals surface area contributed by atoms with E-state index < -0.39 is 18.0 Å². The van der Waals surface area contributed by atoms with Crippen molar-refractivity contribution >= 4 is 197 Å². The monoisotopic (exact) mass is 1930 g/mol. The second-order valence-electron chi connectivity index (χ2n) is 37.4. The maximum Gasteiger partial charge on any atom is 0.414 e. The molecular formula is C125H136ClN7O10. The zero-order valence-electron chi connectivity index (χ0n) is 83.7. The van der Waals surface area contributed by atoms with Crippen LogP contribution in [0, 0.1) is 0 Å². The van der Waals surface area contributed by atoms with Crippen LogP contribution in [0.2, 0.25) is 0 Å². The van der Waals surface area contributed by atoms with Gasteiger partial charge in [-0.05, 0) is 207 Å². The van der Waals surface area contributed by atoms with Crippen LogP contribution in [0.15, 0.2) is 277 Å². The first-order valence-corrected chi connectivity index (χ1v) is 51.4. The van der Waals surface area contributed by atoms with Gasteiger partial charge < -0.3 is 41.0 Å². The Morgan fingerprint density at radius 3 is 0.832 bits per heavy atom. The predicted molar refractivity (Wildman–Crippen MR) is 598 cm³/mol. The summed E-state index contributed by atoms with van der Waals surface area (Å²) in [7, 11) is 1.59. The molecule has 738 valence electrons. The third-order valence-electron chi connectivity index (χ3n) is 27.2. The Balaban J connectivity index is 0.000000226. The number of isocyanates is 2. The van der Waals surface area contributed by atoms with Gasteiger partial charge in [0.2, 0.25) is 12.2 Å². The van der Waals surface area contributed by atoms with E-state index in [0.717, 1.165) is 151 Å². The maximum absolute atomic E-state index is 13.2.